The second kappa shape index (κ2) is 7.08. The van der Waals surface area contributed by atoms with Crippen molar-refractivity contribution in [3.8, 4) is 12.3 Å². The highest BCUT2D eigenvalue weighted by Gasteiger charge is 2.19. The molecule has 0 rings (SSSR count). The zero-order valence-electron chi connectivity index (χ0n) is 10.1. The van der Waals surface area contributed by atoms with Crippen LogP contribution in [-0.2, 0) is 4.43 Å². The van der Waals surface area contributed by atoms with E-state index in [1.165, 1.54) is 19.3 Å². The Bertz CT molecular complexity index is 176. The van der Waals surface area contributed by atoms with Gasteiger partial charge in [0.1, 0.15) is 0 Å². The minimum atomic E-state index is -1.41. The molecule has 0 saturated heterocycles. The summed E-state index contributed by atoms with van der Waals surface area (Å²) in [7, 11) is -1.41. The number of terminal acetylenes is 1. The van der Waals surface area contributed by atoms with Gasteiger partial charge in [0.25, 0.3) is 0 Å². The predicted molar refractivity (Wildman–Crippen MR) is 65.8 cm³/mol. The third-order valence-corrected chi connectivity index (χ3v) is 3.04. The van der Waals surface area contributed by atoms with E-state index in [-0.39, 0.29) is 0 Å². The molecule has 0 aromatic heterocycles. The van der Waals surface area contributed by atoms with E-state index in [9.17, 15) is 0 Å². The summed E-state index contributed by atoms with van der Waals surface area (Å²) in [4.78, 5) is 0. The second-order valence-electron chi connectivity index (χ2n) is 4.76. The lowest BCUT2D eigenvalue weighted by atomic mass is 10.1. The van der Waals surface area contributed by atoms with Gasteiger partial charge >= 0.3 is 0 Å². The molecule has 2 heteroatoms. The monoisotopic (exact) mass is 212 g/mol. The molecule has 14 heavy (non-hydrogen) atoms. The van der Waals surface area contributed by atoms with Crippen LogP contribution in [0, 0.1) is 12.3 Å². The molecule has 0 fully saturated rings. The minimum Gasteiger partial charge on any atom is -0.414 e. The molecule has 0 bridgehead atoms. The number of unbranched alkanes of at least 4 members (excludes halogenated alkanes) is 2. The Kier molecular flexibility index (Phi) is 6.95. The molecule has 0 heterocycles. The van der Waals surface area contributed by atoms with Gasteiger partial charge in [-0.15, -0.1) is 12.3 Å². The fraction of sp³-hybridized carbons (Fsp3) is 0.833. The Morgan fingerprint density at radius 2 is 1.93 bits per heavy atom. The predicted octanol–water partition coefficient (Wildman–Crippen LogP) is 3.81. The molecule has 82 valence electrons. The van der Waals surface area contributed by atoms with Gasteiger partial charge in [-0.1, -0.05) is 26.2 Å². The van der Waals surface area contributed by atoms with Gasteiger partial charge in [-0.25, -0.2) is 0 Å². The van der Waals surface area contributed by atoms with E-state index in [1.807, 2.05) is 0 Å². The highest BCUT2D eigenvalue weighted by Crippen LogP contribution is 2.15. The number of rotatable bonds is 7. The molecule has 0 saturated carbocycles. The molecule has 0 aliphatic rings. The van der Waals surface area contributed by atoms with Crippen LogP contribution in [0.25, 0.3) is 0 Å². The second-order valence-corrected chi connectivity index (χ2v) is 9.22. The average Bonchev–Trinajstić information content (AvgIpc) is 2.02. The van der Waals surface area contributed by atoms with Gasteiger partial charge in [0.15, 0.2) is 8.32 Å². The van der Waals surface area contributed by atoms with Gasteiger partial charge in [0.2, 0.25) is 0 Å². The van der Waals surface area contributed by atoms with Crippen LogP contribution in [0.2, 0.25) is 19.6 Å². The zero-order chi connectivity index (χ0) is 11.0. The Morgan fingerprint density at radius 1 is 1.29 bits per heavy atom. The van der Waals surface area contributed by atoms with E-state index in [1.54, 1.807) is 0 Å². The van der Waals surface area contributed by atoms with Gasteiger partial charge in [-0.3, -0.25) is 0 Å². The third-order valence-electron chi connectivity index (χ3n) is 2.00. The quantitative estimate of drug-likeness (QED) is 0.354. The van der Waals surface area contributed by atoms with Gasteiger partial charge in [0, 0.05) is 6.42 Å². The molecule has 1 atom stereocenters. The molecule has 0 aromatic carbocycles. The van der Waals surface area contributed by atoms with Crippen LogP contribution < -0.4 is 0 Å². The fourth-order valence-corrected chi connectivity index (χ4v) is 2.66. The molecule has 0 aromatic rings. The average molecular weight is 212 g/mol. The first-order valence-electron chi connectivity index (χ1n) is 5.61. The molecule has 0 aliphatic heterocycles. The summed E-state index contributed by atoms with van der Waals surface area (Å²) in [5, 5.41) is 0. The summed E-state index contributed by atoms with van der Waals surface area (Å²) >= 11 is 0. The van der Waals surface area contributed by atoms with E-state index < -0.39 is 8.32 Å². The summed E-state index contributed by atoms with van der Waals surface area (Å²) in [6.45, 7) is 8.87. The Labute approximate surface area is 90.4 Å². The summed E-state index contributed by atoms with van der Waals surface area (Å²) in [5.74, 6) is 2.71. The molecule has 0 amide bonds. The van der Waals surface area contributed by atoms with Crippen LogP contribution in [0.1, 0.15) is 39.0 Å². The first kappa shape index (κ1) is 13.7. The summed E-state index contributed by atoms with van der Waals surface area (Å²) < 4.78 is 6.02. The first-order valence-corrected chi connectivity index (χ1v) is 9.01. The Morgan fingerprint density at radius 3 is 2.36 bits per heavy atom. The van der Waals surface area contributed by atoms with Crippen molar-refractivity contribution in [1.29, 1.82) is 0 Å². The topological polar surface area (TPSA) is 9.23 Å². The maximum absolute atomic E-state index is 6.02. The Balaban J connectivity index is 3.85. The van der Waals surface area contributed by atoms with Crippen molar-refractivity contribution in [2.45, 2.75) is 64.8 Å². The van der Waals surface area contributed by atoms with E-state index >= 15 is 0 Å². The normalized spacial score (nSPS) is 13.6. The van der Waals surface area contributed by atoms with E-state index in [2.05, 4.69) is 32.5 Å². The number of hydrogen-bond acceptors (Lipinski definition) is 1. The van der Waals surface area contributed by atoms with Gasteiger partial charge in [-0.05, 0) is 26.1 Å². The Hall–Kier alpha value is -0.263. The molecule has 0 N–H and O–H groups in total. The molecule has 0 radical (unpaired) electrons. The van der Waals surface area contributed by atoms with Crippen molar-refractivity contribution in [3.05, 3.63) is 0 Å². The maximum atomic E-state index is 6.02. The van der Waals surface area contributed by atoms with Crippen LogP contribution in [0.4, 0.5) is 0 Å². The molecule has 1 nitrogen and oxygen atoms in total. The lowest BCUT2D eigenvalue weighted by Crippen LogP contribution is -2.31. The standard InChI is InChI=1S/C12H24OSi/c1-6-8-9-11-12(10-7-2)13-14(3,4)5/h2,12H,6,8-11H2,1,3-5H3. The summed E-state index contributed by atoms with van der Waals surface area (Å²) in [5.41, 5.74) is 0. The van der Waals surface area contributed by atoms with Crippen molar-refractivity contribution < 1.29 is 4.43 Å². The molecule has 1 unspecified atom stereocenters. The summed E-state index contributed by atoms with van der Waals surface area (Å²) in [6.07, 6.45) is 11.3. The lowest BCUT2D eigenvalue weighted by molar-refractivity contribution is 0.185. The van der Waals surface area contributed by atoms with Crippen molar-refractivity contribution >= 4 is 8.32 Å². The smallest absolute Gasteiger partial charge is 0.184 e. The van der Waals surface area contributed by atoms with E-state index in [0.29, 0.717) is 6.10 Å². The third kappa shape index (κ3) is 8.34. The van der Waals surface area contributed by atoms with Gasteiger partial charge < -0.3 is 4.43 Å². The van der Waals surface area contributed by atoms with Crippen molar-refractivity contribution in [3.63, 3.8) is 0 Å². The van der Waals surface area contributed by atoms with Crippen LogP contribution in [0.15, 0.2) is 0 Å². The first-order chi connectivity index (χ1) is 6.49. The van der Waals surface area contributed by atoms with Crippen LogP contribution in [0.3, 0.4) is 0 Å². The zero-order valence-corrected chi connectivity index (χ0v) is 11.1. The lowest BCUT2D eigenvalue weighted by Gasteiger charge is -2.25. The van der Waals surface area contributed by atoms with E-state index in [0.717, 1.165) is 12.8 Å². The molecule has 0 aliphatic carbocycles. The van der Waals surface area contributed by atoms with Crippen molar-refractivity contribution in [1.82, 2.24) is 0 Å². The fourth-order valence-electron chi connectivity index (χ4n) is 1.46. The van der Waals surface area contributed by atoms with Gasteiger partial charge in [-0.2, -0.15) is 0 Å². The highest BCUT2D eigenvalue weighted by molar-refractivity contribution is 6.69. The highest BCUT2D eigenvalue weighted by atomic mass is 28.4. The van der Waals surface area contributed by atoms with Crippen molar-refractivity contribution in [2.24, 2.45) is 0 Å². The van der Waals surface area contributed by atoms with Crippen molar-refractivity contribution in [2.75, 3.05) is 0 Å². The molecular formula is C12H24OSi. The SMILES string of the molecule is C#CCC(CCCCC)O[Si](C)(C)C. The van der Waals surface area contributed by atoms with Crippen LogP contribution in [-0.4, -0.2) is 14.4 Å². The van der Waals surface area contributed by atoms with E-state index in [4.69, 9.17) is 10.8 Å². The van der Waals surface area contributed by atoms with Gasteiger partial charge in [0.05, 0.1) is 6.10 Å². The largest absolute Gasteiger partial charge is 0.414 e. The minimum absolute atomic E-state index is 0.304. The molecular weight excluding hydrogens is 188 g/mol. The van der Waals surface area contributed by atoms with Crippen LogP contribution >= 0.6 is 0 Å². The summed E-state index contributed by atoms with van der Waals surface area (Å²) in [6, 6.07) is 0. The number of hydrogen-bond donors (Lipinski definition) is 0. The molecule has 0 spiro atoms. The maximum Gasteiger partial charge on any atom is 0.184 e. The van der Waals surface area contributed by atoms with Crippen LogP contribution in [0.5, 0.6) is 0 Å².